The largest absolute Gasteiger partial charge is 0.317 e. The third kappa shape index (κ3) is 3.94. The lowest BCUT2D eigenvalue weighted by Crippen LogP contribution is -2.33. The maximum Gasteiger partial charge on any atom is 0.119 e. The summed E-state index contributed by atoms with van der Waals surface area (Å²) in [5.74, 6) is 0.811. The van der Waals surface area contributed by atoms with Gasteiger partial charge in [-0.2, -0.15) is 0 Å². The topological polar surface area (TPSA) is 49.8 Å². The SMILES string of the molecule is CSc1nccnc1CNCC1CCNCC1. The monoisotopic (exact) mass is 252 g/mol. The molecule has 1 aliphatic heterocycles. The molecule has 0 radical (unpaired) electrons. The molecule has 1 aromatic rings. The summed E-state index contributed by atoms with van der Waals surface area (Å²) in [6.45, 7) is 4.24. The first-order chi connectivity index (χ1) is 8.40. The van der Waals surface area contributed by atoms with Crippen LogP contribution >= 0.6 is 11.8 Å². The number of hydrogen-bond acceptors (Lipinski definition) is 5. The van der Waals surface area contributed by atoms with Crippen LogP contribution in [-0.2, 0) is 6.54 Å². The standard InChI is InChI=1S/C12H20N4S/c1-17-12-11(15-6-7-16-12)9-14-8-10-2-4-13-5-3-10/h6-7,10,13-14H,2-5,8-9H2,1H3. The van der Waals surface area contributed by atoms with Gasteiger partial charge in [0, 0.05) is 18.9 Å². The molecule has 94 valence electrons. The van der Waals surface area contributed by atoms with Crippen LogP contribution in [-0.4, -0.2) is 35.9 Å². The van der Waals surface area contributed by atoms with E-state index in [1.807, 2.05) is 6.26 Å². The highest BCUT2D eigenvalue weighted by Gasteiger charge is 2.12. The molecule has 17 heavy (non-hydrogen) atoms. The van der Waals surface area contributed by atoms with Crippen molar-refractivity contribution in [1.82, 2.24) is 20.6 Å². The average Bonchev–Trinajstić information content (AvgIpc) is 2.40. The third-order valence-electron chi connectivity index (χ3n) is 3.11. The number of rotatable bonds is 5. The molecule has 2 N–H and O–H groups in total. The Morgan fingerprint density at radius 1 is 1.35 bits per heavy atom. The van der Waals surface area contributed by atoms with Crippen LogP contribution in [0.1, 0.15) is 18.5 Å². The lowest BCUT2D eigenvalue weighted by Gasteiger charge is -2.22. The lowest BCUT2D eigenvalue weighted by molar-refractivity contribution is 0.355. The van der Waals surface area contributed by atoms with Crippen LogP contribution < -0.4 is 10.6 Å². The van der Waals surface area contributed by atoms with Gasteiger partial charge in [0.2, 0.25) is 0 Å². The molecule has 0 unspecified atom stereocenters. The second kappa shape index (κ2) is 6.93. The van der Waals surface area contributed by atoms with Gasteiger partial charge in [-0.1, -0.05) is 0 Å². The van der Waals surface area contributed by atoms with Crippen LogP contribution in [0.2, 0.25) is 0 Å². The van der Waals surface area contributed by atoms with Gasteiger partial charge in [0.25, 0.3) is 0 Å². The lowest BCUT2D eigenvalue weighted by atomic mass is 9.98. The van der Waals surface area contributed by atoms with Gasteiger partial charge in [-0.05, 0) is 44.6 Å². The summed E-state index contributed by atoms with van der Waals surface area (Å²) in [6, 6.07) is 0. The molecule has 1 aromatic heterocycles. The summed E-state index contributed by atoms with van der Waals surface area (Å²) >= 11 is 1.66. The zero-order valence-electron chi connectivity index (χ0n) is 10.3. The Balaban J connectivity index is 1.77. The smallest absolute Gasteiger partial charge is 0.119 e. The van der Waals surface area contributed by atoms with Gasteiger partial charge in [0.05, 0.1) is 5.69 Å². The molecule has 0 aliphatic carbocycles. The zero-order valence-corrected chi connectivity index (χ0v) is 11.1. The van der Waals surface area contributed by atoms with E-state index in [1.165, 1.54) is 12.8 Å². The Morgan fingerprint density at radius 3 is 2.88 bits per heavy atom. The van der Waals surface area contributed by atoms with E-state index >= 15 is 0 Å². The number of nitrogens with one attached hydrogen (secondary N) is 2. The van der Waals surface area contributed by atoms with Gasteiger partial charge in [-0.15, -0.1) is 11.8 Å². The molecular weight excluding hydrogens is 232 g/mol. The molecule has 2 heterocycles. The van der Waals surface area contributed by atoms with Crippen LogP contribution in [0.25, 0.3) is 0 Å². The van der Waals surface area contributed by atoms with Crippen molar-refractivity contribution < 1.29 is 0 Å². The van der Waals surface area contributed by atoms with Crippen molar-refractivity contribution in [3.8, 4) is 0 Å². The zero-order chi connectivity index (χ0) is 11.9. The van der Waals surface area contributed by atoms with E-state index in [2.05, 4.69) is 20.6 Å². The molecule has 1 saturated heterocycles. The minimum atomic E-state index is 0.811. The normalized spacial score (nSPS) is 17.2. The van der Waals surface area contributed by atoms with E-state index in [9.17, 15) is 0 Å². The van der Waals surface area contributed by atoms with Gasteiger partial charge in [-0.3, -0.25) is 4.98 Å². The number of aromatic nitrogens is 2. The average molecular weight is 252 g/mol. The van der Waals surface area contributed by atoms with E-state index in [1.54, 1.807) is 24.2 Å². The summed E-state index contributed by atoms with van der Waals surface area (Å²) < 4.78 is 0. The second-order valence-corrected chi connectivity index (χ2v) is 5.13. The minimum absolute atomic E-state index is 0.811. The Hall–Kier alpha value is -0.650. The molecule has 5 heteroatoms. The summed E-state index contributed by atoms with van der Waals surface area (Å²) in [5.41, 5.74) is 1.06. The molecule has 0 aromatic carbocycles. The van der Waals surface area contributed by atoms with Crippen molar-refractivity contribution >= 4 is 11.8 Å². The first kappa shape index (κ1) is 12.8. The van der Waals surface area contributed by atoms with E-state index in [4.69, 9.17) is 0 Å². The van der Waals surface area contributed by atoms with E-state index < -0.39 is 0 Å². The van der Waals surface area contributed by atoms with Crippen molar-refractivity contribution in [1.29, 1.82) is 0 Å². The van der Waals surface area contributed by atoms with Crippen LogP contribution in [0, 0.1) is 5.92 Å². The first-order valence-electron chi connectivity index (χ1n) is 6.15. The number of nitrogens with zero attached hydrogens (tertiary/aromatic N) is 2. The fourth-order valence-electron chi connectivity index (χ4n) is 2.13. The molecule has 0 atom stereocenters. The maximum atomic E-state index is 4.37. The number of hydrogen-bond donors (Lipinski definition) is 2. The van der Waals surface area contributed by atoms with Crippen LogP contribution in [0.4, 0.5) is 0 Å². The highest BCUT2D eigenvalue weighted by atomic mass is 32.2. The highest BCUT2D eigenvalue weighted by Crippen LogP contribution is 2.15. The van der Waals surface area contributed by atoms with Gasteiger partial charge in [-0.25, -0.2) is 4.98 Å². The summed E-state index contributed by atoms with van der Waals surface area (Å²) in [7, 11) is 0. The molecule has 0 spiro atoms. The molecule has 0 saturated carbocycles. The summed E-state index contributed by atoms with van der Waals surface area (Å²) in [5, 5.41) is 7.92. The Bertz CT molecular complexity index is 339. The summed E-state index contributed by atoms with van der Waals surface area (Å²) in [6.07, 6.45) is 8.12. The highest BCUT2D eigenvalue weighted by molar-refractivity contribution is 7.98. The van der Waals surface area contributed by atoms with Gasteiger partial charge in [0.15, 0.2) is 0 Å². The van der Waals surface area contributed by atoms with Crippen molar-refractivity contribution in [2.75, 3.05) is 25.9 Å². The second-order valence-electron chi connectivity index (χ2n) is 4.34. The maximum absolute atomic E-state index is 4.37. The summed E-state index contributed by atoms with van der Waals surface area (Å²) in [4.78, 5) is 8.69. The Labute approximate surface area is 107 Å². The molecule has 2 rings (SSSR count). The van der Waals surface area contributed by atoms with Gasteiger partial charge in [0.1, 0.15) is 5.03 Å². The van der Waals surface area contributed by atoms with Crippen LogP contribution in [0.5, 0.6) is 0 Å². The van der Waals surface area contributed by atoms with Gasteiger partial charge < -0.3 is 10.6 Å². The van der Waals surface area contributed by atoms with Crippen molar-refractivity contribution in [3.05, 3.63) is 18.1 Å². The van der Waals surface area contributed by atoms with E-state index in [0.29, 0.717) is 0 Å². The van der Waals surface area contributed by atoms with Crippen LogP contribution in [0.3, 0.4) is 0 Å². The predicted molar refractivity (Wildman–Crippen MR) is 71.1 cm³/mol. The Morgan fingerprint density at radius 2 is 2.12 bits per heavy atom. The van der Waals surface area contributed by atoms with Crippen molar-refractivity contribution in [3.63, 3.8) is 0 Å². The van der Waals surface area contributed by atoms with Crippen LogP contribution in [0.15, 0.2) is 17.4 Å². The fraction of sp³-hybridized carbons (Fsp3) is 0.667. The Kier molecular flexibility index (Phi) is 5.22. The molecule has 0 amide bonds. The van der Waals surface area contributed by atoms with Crippen molar-refractivity contribution in [2.45, 2.75) is 24.4 Å². The molecule has 1 fully saturated rings. The van der Waals surface area contributed by atoms with E-state index in [0.717, 1.165) is 42.8 Å². The predicted octanol–water partition coefficient (Wildman–Crippen LogP) is 1.29. The quantitative estimate of drug-likeness (QED) is 0.773. The molecule has 0 bridgehead atoms. The van der Waals surface area contributed by atoms with Crippen molar-refractivity contribution in [2.24, 2.45) is 5.92 Å². The van der Waals surface area contributed by atoms with E-state index in [-0.39, 0.29) is 0 Å². The molecule has 1 aliphatic rings. The van der Waals surface area contributed by atoms with Gasteiger partial charge >= 0.3 is 0 Å². The third-order valence-corrected chi connectivity index (χ3v) is 3.84. The minimum Gasteiger partial charge on any atom is -0.317 e. The molecular formula is C12H20N4S. The molecule has 4 nitrogen and oxygen atoms in total. The number of thioether (sulfide) groups is 1. The first-order valence-corrected chi connectivity index (χ1v) is 7.38. The number of piperidine rings is 1. The fourth-order valence-corrected chi connectivity index (χ4v) is 2.65.